The highest BCUT2D eigenvalue weighted by Crippen LogP contribution is 2.33. The Hall–Kier alpha value is -1.10. The van der Waals surface area contributed by atoms with E-state index in [2.05, 4.69) is 10.1 Å². The van der Waals surface area contributed by atoms with Gasteiger partial charge in [-0.15, -0.1) is 0 Å². The summed E-state index contributed by atoms with van der Waals surface area (Å²) in [7, 11) is 0. The number of hydrogen-bond acceptors (Lipinski definition) is 4. The zero-order chi connectivity index (χ0) is 16.6. The number of halogens is 1. The van der Waals surface area contributed by atoms with Gasteiger partial charge >= 0.3 is 0 Å². The van der Waals surface area contributed by atoms with Gasteiger partial charge in [-0.25, -0.2) is 0 Å². The van der Waals surface area contributed by atoms with Crippen LogP contribution >= 0.6 is 11.6 Å². The van der Waals surface area contributed by atoms with Crippen LogP contribution < -0.4 is 5.32 Å². The fourth-order valence-electron chi connectivity index (χ4n) is 2.39. The molecule has 1 heterocycles. The molecule has 1 aromatic carbocycles. The number of aliphatic hydroxyl groups is 1. The normalized spacial score (nSPS) is 17.1. The maximum absolute atomic E-state index is 9.60. The first-order valence-corrected chi connectivity index (χ1v) is 7.90. The molecule has 1 aliphatic heterocycles. The summed E-state index contributed by atoms with van der Waals surface area (Å²) in [6.45, 7) is 8.09. The van der Waals surface area contributed by atoms with Gasteiger partial charge in [0.25, 0.3) is 6.47 Å². The first-order valence-electron chi connectivity index (χ1n) is 7.52. The van der Waals surface area contributed by atoms with E-state index in [1.165, 1.54) is 5.56 Å². The summed E-state index contributed by atoms with van der Waals surface area (Å²) < 4.78 is 4.55. The average molecular weight is 328 g/mol. The van der Waals surface area contributed by atoms with Gasteiger partial charge < -0.3 is 15.2 Å². The van der Waals surface area contributed by atoms with Crippen LogP contribution in [0.4, 0.5) is 0 Å². The summed E-state index contributed by atoms with van der Waals surface area (Å²) in [5.74, 6) is 0. The van der Waals surface area contributed by atoms with Crippen LogP contribution in [0.1, 0.15) is 39.2 Å². The second kappa shape index (κ2) is 8.51. The molecule has 0 spiro atoms. The molecule has 0 aromatic heterocycles. The molecule has 1 aromatic rings. The van der Waals surface area contributed by atoms with Crippen LogP contribution in [0.25, 0.3) is 0 Å². The largest absolute Gasteiger partial charge is 0.462 e. The molecule has 2 N–H and O–H groups in total. The molecule has 22 heavy (non-hydrogen) atoms. The predicted molar refractivity (Wildman–Crippen MR) is 89.2 cm³/mol. The third-order valence-corrected chi connectivity index (χ3v) is 3.97. The van der Waals surface area contributed by atoms with Crippen LogP contribution in [-0.4, -0.2) is 36.9 Å². The van der Waals surface area contributed by atoms with E-state index in [1.807, 2.05) is 45.0 Å². The molecular formula is C17H26ClNO3. The minimum Gasteiger partial charge on any atom is -0.462 e. The number of carbonyl (C=O) groups excluding carboxylic acids is 1. The number of nitrogens with one attached hydrogen (secondary N) is 1. The molecule has 0 saturated carbocycles. The Kier molecular flexibility index (Phi) is 7.33. The maximum Gasteiger partial charge on any atom is 0.293 e. The molecule has 1 saturated heterocycles. The highest BCUT2D eigenvalue weighted by Gasteiger charge is 2.32. The Labute approximate surface area is 137 Å². The number of benzene rings is 1. The molecular weight excluding hydrogens is 302 g/mol. The lowest BCUT2D eigenvalue weighted by Crippen LogP contribution is -2.42. The third kappa shape index (κ3) is 5.95. The fourth-order valence-corrected chi connectivity index (χ4v) is 2.52. The molecule has 0 atom stereocenters. The van der Waals surface area contributed by atoms with Gasteiger partial charge in [0.2, 0.25) is 0 Å². The zero-order valence-corrected chi connectivity index (χ0v) is 14.3. The topological polar surface area (TPSA) is 58.6 Å². The quantitative estimate of drug-likeness (QED) is 0.838. The Bertz CT molecular complexity index is 448. The molecule has 124 valence electrons. The standard InChI is InChI=1S/C12H16ClNO.C5H10O2/c13-11-3-1-10(2-4-11)12(9-15)5-7-14-8-6-12;1-5(2,3)7-4-6/h1-4,14-15H,5-9H2;4H,1-3H3. The molecule has 0 unspecified atom stereocenters. The predicted octanol–water partition coefficient (Wildman–Crippen LogP) is 2.91. The lowest BCUT2D eigenvalue weighted by molar-refractivity contribution is -0.138. The Balaban J connectivity index is 0.000000295. The molecule has 1 aliphatic rings. The van der Waals surface area contributed by atoms with Crippen molar-refractivity contribution >= 4 is 18.1 Å². The van der Waals surface area contributed by atoms with Crippen molar-refractivity contribution < 1.29 is 14.6 Å². The molecule has 0 bridgehead atoms. The monoisotopic (exact) mass is 327 g/mol. The van der Waals surface area contributed by atoms with Crippen molar-refractivity contribution in [3.8, 4) is 0 Å². The van der Waals surface area contributed by atoms with E-state index in [0.717, 1.165) is 31.0 Å². The summed E-state index contributed by atoms with van der Waals surface area (Å²) in [6.07, 6.45) is 1.98. The Morgan fingerprint density at radius 3 is 2.18 bits per heavy atom. The fraction of sp³-hybridized carbons (Fsp3) is 0.588. The van der Waals surface area contributed by atoms with Gasteiger partial charge in [0.15, 0.2) is 0 Å². The highest BCUT2D eigenvalue weighted by atomic mass is 35.5. The molecule has 0 aliphatic carbocycles. The van der Waals surface area contributed by atoms with Gasteiger partial charge in [-0.3, -0.25) is 4.79 Å². The third-order valence-electron chi connectivity index (χ3n) is 3.72. The molecule has 4 nitrogen and oxygen atoms in total. The van der Waals surface area contributed by atoms with Crippen LogP contribution in [0, 0.1) is 0 Å². The summed E-state index contributed by atoms with van der Waals surface area (Å²) in [5, 5.41) is 13.7. The summed E-state index contributed by atoms with van der Waals surface area (Å²) in [5.41, 5.74) is 0.827. The van der Waals surface area contributed by atoms with E-state index in [1.54, 1.807) is 0 Å². The van der Waals surface area contributed by atoms with Crippen molar-refractivity contribution in [2.45, 2.75) is 44.6 Å². The van der Waals surface area contributed by atoms with E-state index < -0.39 is 0 Å². The molecule has 0 amide bonds. The molecule has 2 rings (SSSR count). The van der Waals surface area contributed by atoms with E-state index in [-0.39, 0.29) is 17.6 Å². The number of carbonyl (C=O) groups is 1. The van der Waals surface area contributed by atoms with Crippen LogP contribution in [0.15, 0.2) is 24.3 Å². The number of rotatable bonds is 3. The first-order chi connectivity index (χ1) is 10.3. The highest BCUT2D eigenvalue weighted by molar-refractivity contribution is 6.30. The van der Waals surface area contributed by atoms with E-state index in [4.69, 9.17) is 11.6 Å². The van der Waals surface area contributed by atoms with Crippen LogP contribution in [0.5, 0.6) is 0 Å². The van der Waals surface area contributed by atoms with Gasteiger partial charge in [0, 0.05) is 10.4 Å². The summed E-state index contributed by atoms with van der Waals surface area (Å²) in [4.78, 5) is 9.60. The lowest BCUT2D eigenvalue weighted by Gasteiger charge is -2.36. The minimum absolute atomic E-state index is 0.0597. The van der Waals surface area contributed by atoms with Crippen LogP contribution in [-0.2, 0) is 14.9 Å². The van der Waals surface area contributed by atoms with E-state index >= 15 is 0 Å². The van der Waals surface area contributed by atoms with Gasteiger partial charge in [-0.05, 0) is 64.4 Å². The van der Waals surface area contributed by atoms with Crippen molar-refractivity contribution in [1.29, 1.82) is 0 Å². The SMILES string of the molecule is CC(C)(C)OC=O.OCC1(c2ccc(Cl)cc2)CCNCC1. The second-order valence-corrected chi connectivity index (χ2v) is 6.96. The average Bonchev–Trinajstić information content (AvgIpc) is 2.48. The lowest BCUT2D eigenvalue weighted by atomic mass is 9.74. The van der Waals surface area contributed by atoms with Gasteiger partial charge in [0.05, 0.1) is 6.61 Å². The van der Waals surface area contributed by atoms with Crippen LogP contribution in [0.3, 0.4) is 0 Å². The number of piperidine rings is 1. The van der Waals surface area contributed by atoms with Gasteiger partial charge in [-0.2, -0.15) is 0 Å². The smallest absolute Gasteiger partial charge is 0.293 e. The van der Waals surface area contributed by atoms with E-state index in [9.17, 15) is 9.90 Å². The zero-order valence-electron chi connectivity index (χ0n) is 13.6. The molecule has 1 fully saturated rings. The van der Waals surface area contributed by atoms with E-state index in [0.29, 0.717) is 6.47 Å². The number of hydrogen-bond donors (Lipinski definition) is 2. The maximum atomic E-state index is 9.60. The van der Waals surface area contributed by atoms with Gasteiger partial charge in [0.1, 0.15) is 5.60 Å². The minimum atomic E-state index is -0.318. The van der Waals surface area contributed by atoms with Gasteiger partial charge in [-0.1, -0.05) is 23.7 Å². The van der Waals surface area contributed by atoms with Crippen molar-refractivity contribution in [1.82, 2.24) is 5.32 Å². The van der Waals surface area contributed by atoms with Crippen molar-refractivity contribution in [2.24, 2.45) is 0 Å². The van der Waals surface area contributed by atoms with Crippen LogP contribution in [0.2, 0.25) is 5.02 Å². The second-order valence-electron chi connectivity index (χ2n) is 6.52. The summed E-state index contributed by atoms with van der Waals surface area (Å²) >= 11 is 5.86. The molecule has 5 heteroatoms. The summed E-state index contributed by atoms with van der Waals surface area (Å²) in [6, 6.07) is 7.86. The Morgan fingerprint density at radius 1 is 1.27 bits per heavy atom. The van der Waals surface area contributed by atoms with Crippen molar-refractivity contribution in [3.05, 3.63) is 34.9 Å². The first kappa shape index (κ1) is 18.9. The number of ether oxygens (including phenoxy) is 1. The van der Waals surface area contributed by atoms with Crippen molar-refractivity contribution in [2.75, 3.05) is 19.7 Å². The Morgan fingerprint density at radius 2 is 1.82 bits per heavy atom. The van der Waals surface area contributed by atoms with Crippen molar-refractivity contribution in [3.63, 3.8) is 0 Å². The molecule has 0 radical (unpaired) electrons. The number of aliphatic hydroxyl groups excluding tert-OH is 1.